The molecule has 0 fully saturated rings. The van der Waals surface area contributed by atoms with Gasteiger partial charge in [0.2, 0.25) is 0 Å². The monoisotopic (exact) mass is 260 g/mol. The quantitative estimate of drug-likeness (QED) is 0.789. The molecule has 100 valence electrons. The number of hydrogen-bond donors (Lipinski definition) is 0. The smallest absolute Gasteiger partial charge is 0.345 e. The van der Waals surface area contributed by atoms with Crippen LogP contribution in [0.15, 0.2) is 35.3 Å². The Labute approximate surface area is 111 Å². The Morgan fingerprint density at radius 3 is 2.63 bits per heavy atom. The zero-order chi connectivity index (χ0) is 14.0. The molecule has 0 unspecified atom stereocenters. The molecule has 0 saturated carbocycles. The summed E-state index contributed by atoms with van der Waals surface area (Å²) >= 11 is 0. The average Bonchev–Trinajstić information content (AvgIpc) is 2.66. The van der Waals surface area contributed by atoms with Gasteiger partial charge in [0.15, 0.2) is 0 Å². The molecule has 0 aliphatic carbocycles. The van der Waals surface area contributed by atoms with Crippen molar-refractivity contribution in [2.45, 2.75) is 13.8 Å². The fourth-order valence-corrected chi connectivity index (χ4v) is 1.99. The van der Waals surface area contributed by atoms with E-state index in [2.05, 4.69) is 0 Å². The number of carbonyl (C=O) groups excluding carboxylic acids is 1. The van der Waals surface area contributed by atoms with Gasteiger partial charge >= 0.3 is 5.97 Å². The molecule has 0 amide bonds. The van der Waals surface area contributed by atoms with Gasteiger partial charge in [0.05, 0.1) is 12.3 Å². The van der Waals surface area contributed by atoms with Crippen LogP contribution in [0.5, 0.6) is 0 Å². The Kier molecular flexibility index (Phi) is 3.55. The minimum Gasteiger partial charge on any atom is -0.462 e. The standard InChI is InChI=1S/C14H16N2O3/c1-4-19-14(18)11-9-15(3)16(13(11)17)12-8-6-5-7-10(12)2/h5-9H,4H2,1-3H3. The largest absolute Gasteiger partial charge is 0.462 e. The van der Waals surface area contributed by atoms with Crippen LogP contribution in [0.25, 0.3) is 5.69 Å². The van der Waals surface area contributed by atoms with Crippen molar-refractivity contribution in [3.63, 3.8) is 0 Å². The molecule has 0 N–H and O–H groups in total. The molecule has 5 nitrogen and oxygen atoms in total. The lowest BCUT2D eigenvalue weighted by Gasteiger charge is -2.09. The highest BCUT2D eigenvalue weighted by Gasteiger charge is 2.18. The Morgan fingerprint density at radius 2 is 2.00 bits per heavy atom. The van der Waals surface area contributed by atoms with E-state index in [0.29, 0.717) is 0 Å². The van der Waals surface area contributed by atoms with Crippen LogP contribution in [-0.4, -0.2) is 21.9 Å². The fraction of sp³-hybridized carbons (Fsp3) is 0.286. The lowest BCUT2D eigenvalue weighted by molar-refractivity contribution is 0.0524. The molecule has 19 heavy (non-hydrogen) atoms. The fourth-order valence-electron chi connectivity index (χ4n) is 1.99. The van der Waals surface area contributed by atoms with Gasteiger partial charge in [0.1, 0.15) is 5.56 Å². The normalized spacial score (nSPS) is 10.5. The number of para-hydroxylation sites is 1. The van der Waals surface area contributed by atoms with E-state index < -0.39 is 5.97 Å². The molecule has 0 saturated heterocycles. The second kappa shape index (κ2) is 5.14. The van der Waals surface area contributed by atoms with Crippen LogP contribution in [-0.2, 0) is 11.8 Å². The zero-order valence-electron chi connectivity index (χ0n) is 11.2. The topological polar surface area (TPSA) is 53.2 Å². The Morgan fingerprint density at radius 1 is 1.32 bits per heavy atom. The van der Waals surface area contributed by atoms with E-state index >= 15 is 0 Å². The molecule has 2 rings (SSSR count). The Balaban J connectivity index is 2.58. The van der Waals surface area contributed by atoms with Crippen molar-refractivity contribution >= 4 is 5.97 Å². The molecule has 2 aromatic rings. The van der Waals surface area contributed by atoms with E-state index in [9.17, 15) is 9.59 Å². The highest BCUT2D eigenvalue weighted by Crippen LogP contribution is 2.12. The van der Waals surface area contributed by atoms with Crippen molar-refractivity contribution in [3.8, 4) is 5.69 Å². The SMILES string of the molecule is CCOC(=O)c1cn(C)n(-c2ccccc2C)c1=O. The third-order valence-electron chi connectivity index (χ3n) is 2.89. The van der Waals surface area contributed by atoms with Gasteiger partial charge in [0, 0.05) is 13.2 Å². The zero-order valence-corrected chi connectivity index (χ0v) is 11.2. The Bertz CT molecular complexity index is 668. The molecular weight excluding hydrogens is 244 g/mol. The lowest BCUT2D eigenvalue weighted by Crippen LogP contribution is -2.24. The van der Waals surface area contributed by atoms with E-state index in [4.69, 9.17) is 4.74 Å². The maximum atomic E-state index is 12.3. The van der Waals surface area contributed by atoms with Gasteiger partial charge in [-0.3, -0.25) is 9.48 Å². The number of aromatic nitrogens is 2. The summed E-state index contributed by atoms with van der Waals surface area (Å²) in [5, 5.41) is 0. The number of rotatable bonds is 3. The van der Waals surface area contributed by atoms with Gasteiger partial charge in [-0.1, -0.05) is 18.2 Å². The van der Waals surface area contributed by atoms with Gasteiger partial charge in [-0.05, 0) is 25.5 Å². The number of ether oxygens (including phenoxy) is 1. The third-order valence-corrected chi connectivity index (χ3v) is 2.89. The van der Waals surface area contributed by atoms with Crippen LogP contribution in [0.3, 0.4) is 0 Å². The average molecular weight is 260 g/mol. The summed E-state index contributed by atoms with van der Waals surface area (Å²) in [7, 11) is 1.72. The molecule has 0 radical (unpaired) electrons. The van der Waals surface area contributed by atoms with Crippen LogP contribution < -0.4 is 5.56 Å². The van der Waals surface area contributed by atoms with Crippen molar-refractivity contribution in [3.05, 3.63) is 51.9 Å². The first-order valence-electron chi connectivity index (χ1n) is 6.08. The summed E-state index contributed by atoms with van der Waals surface area (Å²) in [5.74, 6) is -0.588. The molecule has 1 aromatic heterocycles. The first kappa shape index (κ1) is 13.1. The second-order valence-electron chi connectivity index (χ2n) is 4.24. The number of nitrogens with zero attached hydrogens (tertiary/aromatic N) is 2. The first-order valence-corrected chi connectivity index (χ1v) is 6.08. The summed E-state index contributed by atoms with van der Waals surface area (Å²) in [6.07, 6.45) is 1.49. The van der Waals surface area contributed by atoms with Gasteiger partial charge in [-0.25, -0.2) is 9.48 Å². The molecule has 0 spiro atoms. The number of hydrogen-bond acceptors (Lipinski definition) is 3. The summed E-state index contributed by atoms with van der Waals surface area (Å²) < 4.78 is 7.93. The van der Waals surface area contributed by atoms with Gasteiger partial charge in [-0.2, -0.15) is 0 Å². The Hall–Kier alpha value is -2.30. The van der Waals surface area contributed by atoms with Gasteiger partial charge in [0.25, 0.3) is 5.56 Å². The number of carbonyl (C=O) groups is 1. The summed E-state index contributed by atoms with van der Waals surface area (Å²) in [6.45, 7) is 3.87. The molecule has 0 aliphatic rings. The minimum atomic E-state index is -0.588. The number of aryl methyl sites for hydroxylation is 2. The van der Waals surface area contributed by atoms with Crippen LogP contribution >= 0.6 is 0 Å². The maximum absolute atomic E-state index is 12.3. The van der Waals surface area contributed by atoms with Crippen LogP contribution in [0, 0.1) is 6.92 Å². The van der Waals surface area contributed by atoms with Crippen molar-refractivity contribution in [1.29, 1.82) is 0 Å². The van der Waals surface area contributed by atoms with Crippen LogP contribution in [0.1, 0.15) is 22.8 Å². The molecule has 0 atom stereocenters. The maximum Gasteiger partial charge on any atom is 0.345 e. The predicted octanol–water partition coefficient (Wildman–Crippen LogP) is 1.66. The van der Waals surface area contributed by atoms with Crippen molar-refractivity contribution in [1.82, 2.24) is 9.36 Å². The molecule has 0 aliphatic heterocycles. The number of benzene rings is 1. The lowest BCUT2D eigenvalue weighted by atomic mass is 10.2. The summed E-state index contributed by atoms with van der Waals surface area (Å²) in [6, 6.07) is 7.51. The van der Waals surface area contributed by atoms with Crippen molar-refractivity contribution in [2.75, 3.05) is 6.61 Å². The first-order chi connectivity index (χ1) is 9.06. The molecule has 0 bridgehead atoms. The van der Waals surface area contributed by atoms with Crippen LogP contribution in [0.2, 0.25) is 0 Å². The predicted molar refractivity (Wildman–Crippen MR) is 71.7 cm³/mol. The molecule has 1 aromatic carbocycles. The minimum absolute atomic E-state index is 0.0487. The van der Waals surface area contributed by atoms with Crippen molar-refractivity contribution < 1.29 is 9.53 Å². The number of esters is 1. The van der Waals surface area contributed by atoms with E-state index in [1.165, 1.54) is 10.9 Å². The van der Waals surface area contributed by atoms with E-state index in [1.54, 1.807) is 18.7 Å². The van der Waals surface area contributed by atoms with Gasteiger partial charge in [-0.15, -0.1) is 0 Å². The van der Waals surface area contributed by atoms with Gasteiger partial charge < -0.3 is 4.74 Å². The molecule has 1 heterocycles. The van der Waals surface area contributed by atoms with Crippen molar-refractivity contribution in [2.24, 2.45) is 7.05 Å². The van der Waals surface area contributed by atoms with E-state index in [0.717, 1.165) is 11.3 Å². The summed E-state index contributed by atoms with van der Waals surface area (Å²) in [4.78, 5) is 24.0. The van der Waals surface area contributed by atoms with E-state index in [-0.39, 0.29) is 17.7 Å². The highest BCUT2D eigenvalue weighted by atomic mass is 16.5. The van der Waals surface area contributed by atoms with Crippen LogP contribution in [0.4, 0.5) is 0 Å². The summed E-state index contributed by atoms with van der Waals surface area (Å²) in [5.41, 5.74) is 1.40. The molecular formula is C14H16N2O3. The van der Waals surface area contributed by atoms with E-state index in [1.807, 2.05) is 31.2 Å². The highest BCUT2D eigenvalue weighted by molar-refractivity contribution is 5.88. The second-order valence-corrected chi connectivity index (χ2v) is 4.24. The molecule has 5 heteroatoms. The third kappa shape index (κ3) is 2.31.